The maximum atomic E-state index is 11.5. The zero-order chi connectivity index (χ0) is 9.83. The fourth-order valence-electron chi connectivity index (χ4n) is 0.354. The van der Waals surface area contributed by atoms with Crippen molar-refractivity contribution in [1.29, 1.82) is 0 Å². The van der Waals surface area contributed by atoms with Gasteiger partial charge in [-0.25, -0.2) is 0 Å². The molecule has 0 aliphatic rings. The van der Waals surface area contributed by atoms with E-state index in [1.165, 1.54) is 13.8 Å². The molecule has 0 fully saturated rings. The first-order chi connectivity index (χ1) is 5.21. The Hall–Kier alpha value is -0.950. The molecule has 68 valence electrons. The van der Waals surface area contributed by atoms with Crippen LogP contribution in [-0.2, 0) is 0 Å². The van der Waals surface area contributed by atoms with Crippen LogP contribution in [0.25, 0.3) is 0 Å². The Balaban J connectivity index is 4.13. The minimum Gasteiger partial charge on any atom is -0.378 e. The molecule has 0 atom stereocenters. The Morgan fingerprint density at radius 3 is 2.08 bits per heavy atom. The van der Waals surface area contributed by atoms with Gasteiger partial charge in [0.25, 0.3) is 0 Å². The Labute approximate surface area is 68.9 Å². The van der Waals surface area contributed by atoms with Crippen LogP contribution >= 0.6 is 0 Å². The molecule has 0 radical (unpaired) electrons. The number of alkyl halides is 3. The first kappa shape index (κ1) is 11.1. The van der Waals surface area contributed by atoms with Crippen molar-refractivity contribution in [3.8, 4) is 11.8 Å². The Morgan fingerprint density at radius 2 is 1.75 bits per heavy atom. The van der Waals surface area contributed by atoms with E-state index in [4.69, 9.17) is 5.11 Å². The molecule has 0 aromatic carbocycles. The molecule has 0 heterocycles. The van der Waals surface area contributed by atoms with Crippen LogP contribution < -0.4 is 0 Å². The minimum atomic E-state index is -4.34. The van der Waals surface area contributed by atoms with Gasteiger partial charge in [-0.2, -0.15) is 13.2 Å². The summed E-state index contributed by atoms with van der Waals surface area (Å²) in [7, 11) is 0. The van der Waals surface area contributed by atoms with Crippen molar-refractivity contribution < 1.29 is 18.3 Å². The van der Waals surface area contributed by atoms with E-state index >= 15 is 0 Å². The van der Waals surface area contributed by atoms with E-state index in [0.29, 0.717) is 6.08 Å². The second-order valence-corrected chi connectivity index (χ2v) is 2.70. The van der Waals surface area contributed by atoms with Gasteiger partial charge in [0.15, 0.2) is 0 Å². The highest BCUT2D eigenvalue weighted by Gasteiger charge is 2.21. The summed E-state index contributed by atoms with van der Waals surface area (Å²) in [6.45, 7) is 2.78. The van der Waals surface area contributed by atoms with Crippen LogP contribution in [0.5, 0.6) is 0 Å². The predicted octanol–water partition coefficient (Wildman–Crippen LogP) is 1.88. The van der Waals surface area contributed by atoms with Crippen molar-refractivity contribution in [2.45, 2.75) is 25.6 Å². The topological polar surface area (TPSA) is 20.2 Å². The van der Waals surface area contributed by atoms with E-state index in [1.54, 1.807) is 0 Å². The van der Waals surface area contributed by atoms with Crippen LogP contribution in [0.15, 0.2) is 12.2 Å². The smallest absolute Gasteiger partial charge is 0.378 e. The summed E-state index contributed by atoms with van der Waals surface area (Å²) in [6.07, 6.45) is -3.65. The highest BCUT2D eigenvalue weighted by atomic mass is 19.4. The third-order valence-corrected chi connectivity index (χ3v) is 0.734. The summed E-state index contributed by atoms with van der Waals surface area (Å²) < 4.78 is 34.4. The Bertz CT molecular complexity index is 221. The lowest BCUT2D eigenvalue weighted by Crippen LogP contribution is -2.14. The number of aliphatic hydroxyl groups is 1. The number of hydrogen-bond acceptors (Lipinski definition) is 1. The van der Waals surface area contributed by atoms with Crippen molar-refractivity contribution in [3.05, 3.63) is 12.2 Å². The monoisotopic (exact) mass is 178 g/mol. The molecule has 1 N–H and O–H groups in total. The zero-order valence-electron chi connectivity index (χ0n) is 6.74. The molecule has 0 saturated heterocycles. The number of allylic oxidation sites excluding steroid dienone is 2. The largest absolute Gasteiger partial charge is 0.410 e. The van der Waals surface area contributed by atoms with E-state index in [1.807, 2.05) is 0 Å². The van der Waals surface area contributed by atoms with Gasteiger partial charge in [-0.15, -0.1) is 0 Å². The molecule has 0 saturated carbocycles. The van der Waals surface area contributed by atoms with Crippen molar-refractivity contribution in [3.63, 3.8) is 0 Å². The summed E-state index contributed by atoms with van der Waals surface area (Å²) in [5, 5.41) is 8.96. The van der Waals surface area contributed by atoms with Gasteiger partial charge in [-0.3, -0.25) is 0 Å². The third-order valence-electron chi connectivity index (χ3n) is 0.734. The average Bonchev–Trinajstić information content (AvgIpc) is 1.76. The molecular weight excluding hydrogens is 169 g/mol. The van der Waals surface area contributed by atoms with Gasteiger partial charge in [-0.05, 0) is 19.9 Å². The van der Waals surface area contributed by atoms with Gasteiger partial charge in [0.2, 0.25) is 0 Å². The molecule has 12 heavy (non-hydrogen) atoms. The van der Waals surface area contributed by atoms with E-state index in [9.17, 15) is 13.2 Å². The summed E-state index contributed by atoms with van der Waals surface area (Å²) in [5.41, 5.74) is -1.25. The van der Waals surface area contributed by atoms with Crippen molar-refractivity contribution in [2.24, 2.45) is 0 Å². The molecule has 0 spiro atoms. The molecule has 0 aliphatic carbocycles. The standard InChI is InChI=1S/C8H9F3O/c1-7(2,12)5-3-4-6-8(9,10)11/h4,6,12H,1-2H3/b6-4+. The fraction of sp³-hybridized carbons (Fsp3) is 0.500. The highest BCUT2D eigenvalue weighted by Crippen LogP contribution is 2.15. The molecule has 0 aromatic rings. The molecule has 0 aliphatic heterocycles. The maximum Gasteiger partial charge on any atom is 0.410 e. The number of halogens is 3. The molecule has 1 nitrogen and oxygen atoms in total. The van der Waals surface area contributed by atoms with Crippen molar-refractivity contribution >= 4 is 0 Å². The maximum absolute atomic E-state index is 11.5. The lowest BCUT2D eigenvalue weighted by atomic mass is 10.1. The fourth-order valence-corrected chi connectivity index (χ4v) is 0.354. The van der Waals surface area contributed by atoms with Gasteiger partial charge in [0.1, 0.15) is 5.60 Å². The third kappa shape index (κ3) is 9.05. The first-order valence-corrected chi connectivity index (χ1v) is 3.20. The second kappa shape index (κ2) is 3.63. The van der Waals surface area contributed by atoms with Crippen LogP contribution in [0.2, 0.25) is 0 Å². The van der Waals surface area contributed by atoms with Crippen LogP contribution in [0.3, 0.4) is 0 Å². The average molecular weight is 178 g/mol. The Morgan fingerprint density at radius 1 is 1.25 bits per heavy atom. The second-order valence-electron chi connectivity index (χ2n) is 2.70. The van der Waals surface area contributed by atoms with E-state index in [0.717, 1.165) is 0 Å². The van der Waals surface area contributed by atoms with Crippen molar-refractivity contribution in [1.82, 2.24) is 0 Å². The molecule has 0 bridgehead atoms. The van der Waals surface area contributed by atoms with Gasteiger partial charge in [0.05, 0.1) is 0 Å². The highest BCUT2D eigenvalue weighted by molar-refractivity contribution is 5.21. The predicted molar refractivity (Wildman–Crippen MR) is 39.3 cm³/mol. The molecular formula is C8H9F3O. The Kier molecular flexibility index (Phi) is 3.35. The van der Waals surface area contributed by atoms with Gasteiger partial charge < -0.3 is 5.11 Å². The zero-order valence-corrected chi connectivity index (χ0v) is 6.74. The SMILES string of the molecule is CC(C)(O)C#C/C=C/C(F)(F)F. The van der Waals surface area contributed by atoms with Gasteiger partial charge in [0, 0.05) is 6.08 Å². The molecule has 0 unspecified atom stereocenters. The minimum absolute atomic E-state index is 0.0196. The number of rotatable bonds is 0. The summed E-state index contributed by atoms with van der Waals surface area (Å²) in [6, 6.07) is 0. The summed E-state index contributed by atoms with van der Waals surface area (Å²) in [5.74, 6) is 4.29. The molecule has 0 amide bonds. The van der Waals surface area contributed by atoms with Crippen LogP contribution in [-0.4, -0.2) is 16.9 Å². The number of hydrogen-bond donors (Lipinski definition) is 1. The molecule has 0 rings (SSSR count). The normalized spacial score (nSPS) is 12.8. The van der Waals surface area contributed by atoms with Crippen LogP contribution in [0.4, 0.5) is 13.2 Å². The van der Waals surface area contributed by atoms with Gasteiger partial charge >= 0.3 is 6.18 Å². The quantitative estimate of drug-likeness (QED) is 0.561. The van der Waals surface area contributed by atoms with E-state index < -0.39 is 11.8 Å². The van der Waals surface area contributed by atoms with Crippen LogP contribution in [0, 0.1) is 11.8 Å². The van der Waals surface area contributed by atoms with E-state index in [-0.39, 0.29) is 6.08 Å². The molecule has 0 aromatic heterocycles. The summed E-state index contributed by atoms with van der Waals surface area (Å²) >= 11 is 0. The molecule has 4 heteroatoms. The lowest BCUT2D eigenvalue weighted by Gasteiger charge is -2.05. The van der Waals surface area contributed by atoms with Crippen molar-refractivity contribution in [2.75, 3.05) is 0 Å². The van der Waals surface area contributed by atoms with Gasteiger partial charge in [-0.1, -0.05) is 11.8 Å². The van der Waals surface area contributed by atoms with Crippen LogP contribution in [0.1, 0.15) is 13.8 Å². The first-order valence-electron chi connectivity index (χ1n) is 3.20. The van der Waals surface area contributed by atoms with E-state index in [2.05, 4.69) is 11.8 Å². The summed E-state index contributed by atoms with van der Waals surface area (Å²) in [4.78, 5) is 0. The lowest BCUT2D eigenvalue weighted by molar-refractivity contribution is -0.0797.